The van der Waals surface area contributed by atoms with Gasteiger partial charge in [0.1, 0.15) is 17.3 Å². The lowest BCUT2D eigenvalue weighted by molar-refractivity contribution is -0.153. The summed E-state index contributed by atoms with van der Waals surface area (Å²) >= 11 is 0. The third-order valence-corrected chi connectivity index (χ3v) is 6.91. The van der Waals surface area contributed by atoms with E-state index < -0.39 is 23.3 Å². The number of aryl methyl sites for hydroxylation is 1. The van der Waals surface area contributed by atoms with Crippen LogP contribution in [0.2, 0.25) is 0 Å². The lowest BCUT2D eigenvalue weighted by Crippen LogP contribution is -2.43. The quantitative estimate of drug-likeness (QED) is 0.300. The molecule has 1 N–H and O–H groups in total. The first-order valence-corrected chi connectivity index (χ1v) is 12.8. The number of benzene rings is 2. The first-order chi connectivity index (χ1) is 18.0. The van der Waals surface area contributed by atoms with Crippen LogP contribution in [0.15, 0.2) is 52.9 Å². The lowest BCUT2D eigenvalue weighted by Gasteiger charge is -2.26. The van der Waals surface area contributed by atoms with E-state index in [0.29, 0.717) is 30.3 Å². The SMILES string of the molecule is Cc1oc(C2CCCCC2)nc1CCOc1ccc(C[C@](C)(Oc2ccc(C(F)(F)F)cc2)C(=O)O)cc1. The molecule has 1 aliphatic rings. The summed E-state index contributed by atoms with van der Waals surface area (Å²) in [5.74, 6) is 1.51. The van der Waals surface area contributed by atoms with E-state index in [9.17, 15) is 23.1 Å². The van der Waals surface area contributed by atoms with Crippen LogP contribution in [-0.2, 0) is 23.8 Å². The molecule has 1 aliphatic carbocycles. The molecule has 0 bridgehead atoms. The van der Waals surface area contributed by atoms with E-state index in [4.69, 9.17) is 18.9 Å². The van der Waals surface area contributed by atoms with Crippen LogP contribution in [0, 0.1) is 6.92 Å². The fraction of sp³-hybridized carbons (Fsp3) is 0.448. The molecule has 0 unspecified atom stereocenters. The van der Waals surface area contributed by atoms with Crippen molar-refractivity contribution in [2.45, 2.75) is 76.5 Å². The summed E-state index contributed by atoms with van der Waals surface area (Å²) in [6, 6.07) is 11.0. The molecule has 4 rings (SSSR count). The Balaban J connectivity index is 1.32. The highest BCUT2D eigenvalue weighted by Gasteiger charge is 2.36. The van der Waals surface area contributed by atoms with Gasteiger partial charge in [-0.2, -0.15) is 13.2 Å². The Morgan fingerprint density at radius 3 is 2.26 bits per heavy atom. The Kier molecular flexibility index (Phi) is 8.33. The lowest BCUT2D eigenvalue weighted by atomic mass is 9.89. The molecule has 0 aliphatic heterocycles. The van der Waals surface area contributed by atoms with E-state index in [1.54, 1.807) is 24.3 Å². The third kappa shape index (κ3) is 6.88. The maximum Gasteiger partial charge on any atom is 0.416 e. The van der Waals surface area contributed by atoms with Gasteiger partial charge in [0.05, 0.1) is 17.9 Å². The molecule has 0 saturated heterocycles. The Morgan fingerprint density at radius 1 is 1.03 bits per heavy atom. The topological polar surface area (TPSA) is 81.8 Å². The smallest absolute Gasteiger partial charge is 0.416 e. The second-order valence-corrected chi connectivity index (χ2v) is 9.97. The van der Waals surface area contributed by atoms with E-state index in [0.717, 1.165) is 54.5 Å². The molecule has 1 fully saturated rings. The zero-order chi connectivity index (χ0) is 27.3. The van der Waals surface area contributed by atoms with Crippen LogP contribution in [0.3, 0.4) is 0 Å². The van der Waals surface area contributed by atoms with Gasteiger partial charge in [-0.05, 0) is 68.7 Å². The van der Waals surface area contributed by atoms with Crippen LogP contribution in [0.4, 0.5) is 13.2 Å². The maximum atomic E-state index is 12.8. The highest BCUT2D eigenvalue weighted by Crippen LogP contribution is 2.33. The number of nitrogens with zero attached hydrogens (tertiary/aromatic N) is 1. The van der Waals surface area contributed by atoms with Gasteiger partial charge in [-0.25, -0.2) is 9.78 Å². The minimum atomic E-state index is -4.48. The highest BCUT2D eigenvalue weighted by atomic mass is 19.4. The summed E-state index contributed by atoms with van der Waals surface area (Å²) in [6.07, 6.45) is 2.09. The van der Waals surface area contributed by atoms with Gasteiger partial charge >= 0.3 is 12.1 Å². The van der Waals surface area contributed by atoms with Gasteiger partial charge in [-0.3, -0.25) is 0 Å². The first kappa shape index (κ1) is 27.5. The van der Waals surface area contributed by atoms with Gasteiger partial charge < -0.3 is 19.0 Å². The standard InChI is InChI=1S/C29H32F3NO5/c1-19-25(33-26(37-19)21-6-4-3-5-7-21)16-17-36-23-12-8-20(9-13-23)18-28(2,27(34)35)38-24-14-10-22(11-15-24)29(30,31)32/h8-15,21H,3-7,16-18H2,1-2H3,(H,34,35)/t28-/m0/s1. The molecule has 0 spiro atoms. The highest BCUT2D eigenvalue weighted by molar-refractivity contribution is 5.78. The number of hydrogen-bond acceptors (Lipinski definition) is 5. The maximum absolute atomic E-state index is 12.8. The molecule has 0 radical (unpaired) electrons. The summed E-state index contributed by atoms with van der Waals surface area (Å²) in [6.45, 7) is 3.73. The van der Waals surface area contributed by atoms with Crippen molar-refractivity contribution in [1.29, 1.82) is 0 Å². The minimum Gasteiger partial charge on any atom is -0.493 e. The van der Waals surface area contributed by atoms with Crippen molar-refractivity contribution in [1.82, 2.24) is 4.98 Å². The second-order valence-electron chi connectivity index (χ2n) is 9.97. The van der Waals surface area contributed by atoms with E-state index in [2.05, 4.69) is 0 Å². The minimum absolute atomic E-state index is 0.00567. The van der Waals surface area contributed by atoms with Gasteiger partial charge in [-0.1, -0.05) is 31.4 Å². The van der Waals surface area contributed by atoms with Gasteiger partial charge in [0, 0.05) is 18.8 Å². The molecular weight excluding hydrogens is 499 g/mol. The Hall–Kier alpha value is -3.49. The fourth-order valence-corrected chi connectivity index (χ4v) is 4.69. The van der Waals surface area contributed by atoms with Crippen LogP contribution in [0.25, 0.3) is 0 Å². The third-order valence-electron chi connectivity index (χ3n) is 6.91. The number of halogens is 3. The summed E-state index contributed by atoms with van der Waals surface area (Å²) in [5, 5.41) is 9.78. The Morgan fingerprint density at radius 2 is 1.66 bits per heavy atom. The van der Waals surface area contributed by atoms with E-state index in [1.165, 1.54) is 26.2 Å². The van der Waals surface area contributed by atoms with Crippen molar-refractivity contribution in [2.75, 3.05) is 6.61 Å². The van der Waals surface area contributed by atoms with Crippen molar-refractivity contribution < 1.29 is 37.0 Å². The van der Waals surface area contributed by atoms with Gasteiger partial charge in [0.25, 0.3) is 0 Å². The van der Waals surface area contributed by atoms with Crippen molar-refractivity contribution in [2.24, 2.45) is 0 Å². The predicted molar refractivity (Wildman–Crippen MR) is 135 cm³/mol. The average molecular weight is 532 g/mol. The fourth-order valence-electron chi connectivity index (χ4n) is 4.69. The number of alkyl halides is 3. The number of rotatable bonds is 10. The second kappa shape index (κ2) is 11.5. The molecule has 1 atom stereocenters. The van der Waals surface area contributed by atoms with Gasteiger partial charge in [-0.15, -0.1) is 0 Å². The van der Waals surface area contributed by atoms with Crippen molar-refractivity contribution >= 4 is 5.97 Å². The molecule has 1 aromatic heterocycles. The molecule has 9 heteroatoms. The van der Waals surface area contributed by atoms with Crippen molar-refractivity contribution in [3.05, 3.63) is 77.0 Å². The predicted octanol–water partition coefficient (Wildman–Crippen LogP) is 7.14. The molecule has 3 aromatic rings. The number of oxazole rings is 1. The van der Waals surface area contributed by atoms with Crippen LogP contribution in [0.1, 0.15) is 73.4 Å². The number of carbonyl (C=O) groups is 1. The molecular formula is C29H32F3NO5. The van der Waals surface area contributed by atoms with Crippen LogP contribution < -0.4 is 9.47 Å². The Labute approximate surface area is 219 Å². The monoisotopic (exact) mass is 531 g/mol. The van der Waals surface area contributed by atoms with Gasteiger partial charge in [0.2, 0.25) is 5.60 Å². The van der Waals surface area contributed by atoms with Crippen LogP contribution in [-0.4, -0.2) is 28.3 Å². The normalized spacial score (nSPS) is 16.1. The number of aliphatic carboxylic acids is 1. The largest absolute Gasteiger partial charge is 0.493 e. The van der Waals surface area contributed by atoms with Crippen molar-refractivity contribution in [3.63, 3.8) is 0 Å². The van der Waals surface area contributed by atoms with E-state index in [-0.39, 0.29) is 12.2 Å². The first-order valence-electron chi connectivity index (χ1n) is 12.8. The summed E-state index contributed by atoms with van der Waals surface area (Å²) in [7, 11) is 0. The van der Waals surface area contributed by atoms with E-state index >= 15 is 0 Å². The summed E-state index contributed by atoms with van der Waals surface area (Å²) in [5.41, 5.74) is -0.929. The zero-order valence-electron chi connectivity index (χ0n) is 21.5. The number of carboxylic acid groups (broad SMARTS) is 1. The number of hydrogen-bond donors (Lipinski definition) is 1. The molecule has 38 heavy (non-hydrogen) atoms. The Bertz CT molecular complexity index is 1210. The van der Waals surface area contributed by atoms with E-state index in [1.807, 2.05) is 6.92 Å². The molecule has 204 valence electrons. The molecule has 1 heterocycles. The molecule has 2 aromatic carbocycles. The van der Waals surface area contributed by atoms with Crippen LogP contribution >= 0.6 is 0 Å². The average Bonchev–Trinajstić information content (AvgIpc) is 3.25. The molecule has 1 saturated carbocycles. The summed E-state index contributed by atoms with van der Waals surface area (Å²) in [4.78, 5) is 16.7. The van der Waals surface area contributed by atoms with Crippen LogP contribution in [0.5, 0.6) is 11.5 Å². The van der Waals surface area contributed by atoms with Crippen molar-refractivity contribution in [3.8, 4) is 11.5 Å². The molecule has 6 nitrogen and oxygen atoms in total. The van der Waals surface area contributed by atoms with Gasteiger partial charge in [0.15, 0.2) is 5.89 Å². The zero-order valence-corrected chi connectivity index (χ0v) is 21.5. The molecule has 0 amide bonds. The number of carboxylic acids is 1. The summed E-state index contributed by atoms with van der Waals surface area (Å²) < 4.78 is 55.8. The number of ether oxygens (including phenoxy) is 2. The number of aromatic nitrogens is 1.